The lowest BCUT2D eigenvalue weighted by Gasteiger charge is -2.15. The Hall–Kier alpha value is -1.14. The monoisotopic (exact) mass is 217 g/mol. The first kappa shape index (κ1) is 13.9. The van der Waals surface area contributed by atoms with E-state index in [4.69, 9.17) is 16.2 Å². The van der Waals surface area contributed by atoms with Crippen molar-refractivity contribution in [3.8, 4) is 0 Å². The lowest BCUT2D eigenvalue weighted by molar-refractivity contribution is -0.123. The number of nitrogens with one attached hydrogen (secondary N) is 1. The Bertz CT molecular complexity index is 219. The molecule has 15 heavy (non-hydrogen) atoms. The molecule has 0 rings (SSSR count). The summed E-state index contributed by atoms with van der Waals surface area (Å²) in [7, 11) is 0. The van der Waals surface area contributed by atoms with Crippen LogP contribution in [0.1, 0.15) is 13.8 Å². The average molecular weight is 217 g/mol. The summed E-state index contributed by atoms with van der Waals surface area (Å²) in [5.74, 6) is -0.649. The number of hydrogen-bond donors (Lipinski definition) is 3. The molecule has 0 aromatic carbocycles. The van der Waals surface area contributed by atoms with Crippen molar-refractivity contribution in [1.29, 1.82) is 0 Å². The number of carbonyl (C=O) groups is 2. The van der Waals surface area contributed by atoms with Gasteiger partial charge in [-0.25, -0.2) is 0 Å². The van der Waals surface area contributed by atoms with Gasteiger partial charge in [-0.1, -0.05) is 13.8 Å². The van der Waals surface area contributed by atoms with Crippen molar-refractivity contribution in [3.05, 3.63) is 0 Å². The van der Waals surface area contributed by atoms with Crippen LogP contribution in [-0.2, 0) is 14.3 Å². The maximum atomic E-state index is 11.3. The Balaban J connectivity index is 3.51. The fourth-order valence-electron chi connectivity index (χ4n) is 0.840. The van der Waals surface area contributed by atoms with E-state index in [0.717, 1.165) is 0 Å². The van der Waals surface area contributed by atoms with Crippen molar-refractivity contribution in [2.75, 3.05) is 19.8 Å². The summed E-state index contributed by atoms with van der Waals surface area (Å²) < 4.78 is 4.86. The van der Waals surface area contributed by atoms with Gasteiger partial charge >= 0.3 is 0 Å². The SMILES string of the molecule is CC(C)[C@@H](N)C(=O)NCCOCC(N)=O. The van der Waals surface area contributed by atoms with Gasteiger partial charge in [0.15, 0.2) is 0 Å². The minimum atomic E-state index is -0.528. The lowest BCUT2D eigenvalue weighted by Crippen LogP contribution is -2.44. The molecule has 5 N–H and O–H groups in total. The van der Waals surface area contributed by atoms with Gasteiger partial charge in [-0.15, -0.1) is 0 Å². The fraction of sp³-hybridized carbons (Fsp3) is 0.778. The van der Waals surface area contributed by atoms with Gasteiger partial charge in [-0.05, 0) is 5.92 Å². The van der Waals surface area contributed by atoms with Crippen molar-refractivity contribution in [2.45, 2.75) is 19.9 Å². The molecule has 0 aliphatic carbocycles. The highest BCUT2D eigenvalue weighted by molar-refractivity contribution is 5.81. The molecular formula is C9H19N3O3. The maximum absolute atomic E-state index is 11.3. The molecule has 1 atom stereocenters. The molecule has 0 unspecified atom stereocenters. The molecule has 6 heteroatoms. The molecule has 0 saturated carbocycles. The molecule has 0 aromatic rings. The molecule has 0 heterocycles. The number of primary amides is 1. The fourth-order valence-corrected chi connectivity index (χ4v) is 0.840. The largest absolute Gasteiger partial charge is 0.370 e. The quantitative estimate of drug-likeness (QED) is 0.455. The van der Waals surface area contributed by atoms with Crippen LogP contribution < -0.4 is 16.8 Å². The Labute approximate surface area is 89.3 Å². The third-order valence-corrected chi connectivity index (χ3v) is 1.81. The van der Waals surface area contributed by atoms with Crippen LogP contribution in [0.2, 0.25) is 0 Å². The molecule has 0 aromatic heterocycles. The highest BCUT2D eigenvalue weighted by Gasteiger charge is 2.15. The smallest absolute Gasteiger partial charge is 0.243 e. The Morgan fingerprint density at radius 2 is 2.00 bits per heavy atom. The van der Waals surface area contributed by atoms with Crippen LogP contribution in [0.5, 0.6) is 0 Å². The van der Waals surface area contributed by atoms with Crippen molar-refractivity contribution in [2.24, 2.45) is 17.4 Å². The molecule has 0 bridgehead atoms. The zero-order chi connectivity index (χ0) is 11.8. The molecule has 0 radical (unpaired) electrons. The summed E-state index contributed by atoms with van der Waals surface area (Å²) in [4.78, 5) is 21.6. The Morgan fingerprint density at radius 1 is 1.40 bits per heavy atom. The van der Waals surface area contributed by atoms with E-state index in [1.165, 1.54) is 0 Å². The van der Waals surface area contributed by atoms with E-state index in [2.05, 4.69) is 5.32 Å². The van der Waals surface area contributed by atoms with E-state index < -0.39 is 11.9 Å². The van der Waals surface area contributed by atoms with Crippen LogP contribution in [0.15, 0.2) is 0 Å². The Morgan fingerprint density at radius 3 is 2.47 bits per heavy atom. The van der Waals surface area contributed by atoms with Gasteiger partial charge in [-0.2, -0.15) is 0 Å². The van der Waals surface area contributed by atoms with E-state index in [0.29, 0.717) is 6.54 Å². The van der Waals surface area contributed by atoms with E-state index in [1.807, 2.05) is 13.8 Å². The van der Waals surface area contributed by atoms with E-state index >= 15 is 0 Å². The van der Waals surface area contributed by atoms with E-state index in [9.17, 15) is 9.59 Å². The minimum absolute atomic E-state index is 0.0940. The van der Waals surface area contributed by atoms with Gasteiger partial charge < -0.3 is 21.5 Å². The third-order valence-electron chi connectivity index (χ3n) is 1.81. The molecule has 0 aliphatic heterocycles. The molecule has 6 nitrogen and oxygen atoms in total. The second-order valence-electron chi connectivity index (χ2n) is 3.58. The minimum Gasteiger partial charge on any atom is -0.370 e. The Kier molecular flexibility index (Phi) is 6.64. The van der Waals surface area contributed by atoms with E-state index in [1.54, 1.807) is 0 Å². The number of rotatable bonds is 7. The third kappa shape index (κ3) is 6.87. The van der Waals surface area contributed by atoms with Crippen molar-refractivity contribution < 1.29 is 14.3 Å². The number of amides is 2. The topological polar surface area (TPSA) is 107 Å². The number of nitrogens with two attached hydrogens (primary N) is 2. The molecule has 0 saturated heterocycles. The van der Waals surface area contributed by atoms with Crippen molar-refractivity contribution in [3.63, 3.8) is 0 Å². The molecule has 0 fully saturated rings. The summed E-state index contributed by atoms with van der Waals surface area (Å²) in [5.41, 5.74) is 10.4. The summed E-state index contributed by atoms with van der Waals surface area (Å²) >= 11 is 0. The zero-order valence-electron chi connectivity index (χ0n) is 9.16. The molecule has 0 aliphatic rings. The number of ether oxygens (including phenoxy) is 1. The summed E-state index contributed by atoms with van der Waals surface area (Å²) in [6.45, 7) is 4.18. The second-order valence-corrected chi connectivity index (χ2v) is 3.58. The van der Waals surface area contributed by atoms with Crippen LogP contribution >= 0.6 is 0 Å². The summed E-state index contributed by atoms with van der Waals surface area (Å²) in [6.07, 6.45) is 0. The average Bonchev–Trinajstić information content (AvgIpc) is 2.15. The lowest BCUT2D eigenvalue weighted by atomic mass is 10.1. The van der Waals surface area contributed by atoms with Gasteiger partial charge in [-0.3, -0.25) is 9.59 Å². The van der Waals surface area contributed by atoms with Gasteiger partial charge in [0.25, 0.3) is 0 Å². The number of carbonyl (C=O) groups excluding carboxylic acids is 2. The zero-order valence-corrected chi connectivity index (χ0v) is 9.16. The maximum Gasteiger partial charge on any atom is 0.243 e. The standard InChI is InChI=1S/C9H19N3O3/c1-6(2)8(11)9(14)12-3-4-15-5-7(10)13/h6,8H,3-5,11H2,1-2H3,(H2,10,13)(H,12,14)/t8-/m1/s1. The molecular weight excluding hydrogens is 198 g/mol. The highest BCUT2D eigenvalue weighted by atomic mass is 16.5. The van der Waals surface area contributed by atoms with Crippen LogP contribution in [0.4, 0.5) is 0 Å². The van der Waals surface area contributed by atoms with Crippen LogP contribution in [-0.4, -0.2) is 37.6 Å². The molecule has 0 spiro atoms. The van der Waals surface area contributed by atoms with Crippen molar-refractivity contribution >= 4 is 11.8 Å². The van der Waals surface area contributed by atoms with Gasteiger partial charge in [0.05, 0.1) is 12.6 Å². The first-order chi connectivity index (χ1) is 6.95. The van der Waals surface area contributed by atoms with Crippen LogP contribution in [0.3, 0.4) is 0 Å². The van der Waals surface area contributed by atoms with Gasteiger partial charge in [0.2, 0.25) is 11.8 Å². The number of hydrogen-bond acceptors (Lipinski definition) is 4. The van der Waals surface area contributed by atoms with Crippen molar-refractivity contribution in [1.82, 2.24) is 5.32 Å². The first-order valence-corrected chi connectivity index (χ1v) is 4.84. The molecule has 88 valence electrons. The second kappa shape index (κ2) is 7.19. The van der Waals surface area contributed by atoms with Crippen LogP contribution in [0.25, 0.3) is 0 Å². The molecule has 2 amide bonds. The van der Waals surface area contributed by atoms with Gasteiger partial charge in [0, 0.05) is 6.54 Å². The summed E-state index contributed by atoms with van der Waals surface area (Å²) in [5, 5.41) is 2.60. The summed E-state index contributed by atoms with van der Waals surface area (Å²) in [6, 6.07) is -0.513. The first-order valence-electron chi connectivity index (χ1n) is 4.84. The van der Waals surface area contributed by atoms with E-state index in [-0.39, 0.29) is 25.0 Å². The normalized spacial score (nSPS) is 12.5. The van der Waals surface area contributed by atoms with Gasteiger partial charge in [0.1, 0.15) is 6.61 Å². The predicted octanol–water partition coefficient (Wildman–Crippen LogP) is -1.41. The predicted molar refractivity (Wildman–Crippen MR) is 55.8 cm³/mol. The van der Waals surface area contributed by atoms with Crippen LogP contribution in [0, 0.1) is 5.92 Å². The highest BCUT2D eigenvalue weighted by Crippen LogP contribution is 1.97.